The summed E-state index contributed by atoms with van der Waals surface area (Å²) in [5, 5.41) is 0. The summed E-state index contributed by atoms with van der Waals surface area (Å²) < 4.78 is 27.3. The molecule has 0 saturated carbocycles. The second-order valence-electron chi connectivity index (χ2n) is 1.14. The molecule has 7 heavy (non-hydrogen) atoms. The average Bonchev–Trinajstić information content (AvgIpc) is 1.36. The molecule has 0 atom stereocenters. The Morgan fingerprint density at radius 1 is 1.14 bits per heavy atom. The van der Waals surface area contributed by atoms with Crippen molar-refractivity contribution in [2.45, 2.75) is 0 Å². The lowest BCUT2D eigenvalue weighted by molar-refractivity contribution is 0.607. The van der Waals surface area contributed by atoms with E-state index in [0.717, 1.165) is 12.5 Å². The summed E-state index contributed by atoms with van der Waals surface area (Å²) >= 11 is 1.72. The van der Waals surface area contributed by atoms with Crippen molar-refractivity contribution in [2.24, 2.45) is 0 Å². The molecule has 0 aliphatic carbocycles. The van der Waals surface area contributed by atoms with Crippen molar-refractivity contribution in [3.8, 4) is 0 Å². The van der Waals surface area contributed by atoms with Gasteiger partial charge in [0.2, 0.25) is 0 Å². The summed E-state index contributed by atoms with van der Waals surface area (Å²) in [6, 6.07) is 0. The normalized spacial score (nSPS) is 9.00. The first-order valence-corrected chi connectivity index (χ1v) is 4.06. The van der Waals surface area contributed by atoms with Gasteiger partial charge < -0.3 is 0 Å². The number of hydrogen-bond donors (Lipinski definition) is 0. The minimum atomic E-state index is -2.67. The maximum Gasteiger partial charge on any atom is 0.144 e. The summed E-state index contributed by atoms with van der Waals surface area (Å²) in [5.74, 6) is 0. The van der Waals surface area contributed by atoms with E-state index in [1.165, 1.54) is 0 Å². The Morgan fingerprint density at radius 2 is 1.14 bits per heavy atom. The van der Waals surface area contributed by atoms with E-state index in [1.54, 1.807) is 12.5 Å². The molecule has 0 spiro atoms. The van der Waals surface area contributed by atoms with Crippen molar-refractivity contribution < 1.29 is 12.6 Å². The molecule has 0 rings (SSSR count). The largest absolute Gasteiger partial charge is 0.266 e. The zero-order valence-electron chi connectivity index (χ0n) is 4.13. The Hall–Kier alpha value is 0.1000. The van der Waals surface area contributed by atoms with Gasteiger partial charge in [-0.25, -0.2) is 8.42 Å². The third-order valence-electron chi connectivity index (χ3n) is 0. The lowest BCUT2D eigenvalue weighted by Gasteiger charge is -1.69. The zero-order valence-corrected chi connectivity index (χ0v) is 5.95. The second kappa shape index (κ2) is 4.26. The lowest BCUT2D eigenvalue weighted by atomic mass is 11.9. The molecule has 0 bridgehead atoms. The van der Waals surface area contributed by atoms with Crippen LogP contribution in [0.5, 0.6) is 0 Å². The molecule has 0 heterocycles. The smallest absolute Gasteiger partial charge is 0.144 e. The van der Waals surface area contributed by atoms with Crippen LogP contribution < -0.4 is 0 Å². The molecule has 0 aromatic heterocycles. The maximum absolute atomic E-state index is 9.63. The van der Waals surface area contributed by atoms with Crippen LogP contribution in [0.2, 0.25) is 0 Å². The third-order valence-corrected chi connectivity index (χ3v) is 0. The van der Waals surface area contributed by atoms with Crippen LogP contribution in [0.1, 0.15) is 0 Å². The fraction of sp³-hybridized carbons (Fsp3) is 1.00. The van der Waals surface area contributed by atoms with Gasteiger partial charge >= 0.3 is 0 Å². The fourth-order valence-corrected chi connectivity index (χ4v) is 0. The first kappa shape index (κ1) is 10.2. The Morgan fingerprint density at radius 3 is 1.14 bits per heavy atom. The van der Waals surface area contributed by atoms with Crippen molar-refractivity contribution in [2.75, 3.05) is 12.5 Å². The predicted octanol–water partition coefficient (Wildman–Crippen LogP) is -1.21. The highest BCUT2D eigenvalue weighted by Gasteiger charge is 1.79. The topological polar surface area (TPSA) is 51.2 Å². The fourth-order valence-electron chi connectivity index (χ4n) is 0. The Labute approximate surface area is 48.2 Å². The van der Waals surface area contributed by atoms with Crippen LogP contribution in [0.4, 0.5) is 0 Å². The van der Waals surface area contributed by atoms with Gasteiger partial charge in [0.05, 0.1) is 0 Å². The standard InChI is InChI=1S/C2H6O2S.H2OS/c1-5(2,3)4;1-2/h1-2H3;2H2. The minimum absolute atomic E-state index is 1.16. The molecule has 0 aromatic rings. The quantitative estimate of drug-likeness (QED) is 0.428. The van der Waals surface area contributed by atoms with Crippen LogP contribution in [0.3, 0.4) is 0 Å². The van der Waals surface area contributed by atoms with E-state index in [2.05, 4.69) is 0 Å². The summed E-state index contributed by atoms with van der Waals surface area (Å²) in [4.78, 5) is 0. The molecule has 0 aliphatic heterocycles. The molecule has 3 nitrogen and oxygen atoms in total. The molecule has 0 N–H and O–H groups in total. The molecule has 0 saturated heterocycles. The van der Waals surface area contributed by atoms with Gasteiger partial charge in [0, 0.05) is 12.5 Å². The van der Waals surface area contributed by atoms with Crippen molar-refractivity contribution in [3.05, 3.63) is 0 Å². The van der Waals surface area contributed by atoms with Crippen LogP contribution >= 0.6 is 0 Å². The molecule has 5 heteroatoms. The molecule has 0 amide bonds. The first-order valence-electron chi connectivity index (χ1n) is 1.35. The minimum Gasteiger partial charge on any atom is -0.266 e. The SMILES string of the molecule is CS(C)(=O)=O.O=[SH2]. The molecule has 0 unspecified atom stereocenters. The Kier molecular flexibility index (Phi) is 6.19. The van der Waals surface area contributed by atoms with Gasteiger partial charge in [-0.2, -0.15) is 0 Å². The van der Waals surface area contributed by atoms with E-state index in [0.29, 0.717) is 0 Å². The highest BCUT2D eigenvalue weighted by atomic mass is 32.2. The van der Waals surface area contributed by atoms with E-state index >= 15 is 0 Å². The molecule has 0 aromatic carbocycles. The highest BCUT2D eigenvalue weighted by Crippen LogP contribution is 1.61. The van der Waals surface area contributed by atoms with Crippen LogP contribution in [0.15, 0.2) is 0 Å². The molecule has 46 valence electrons. The summed E-state index contributed by atoms with van der Waals surface area (Å²) in [6.45, 7) is 0. The summed E-state index contributed by atoms with van der Waals surface area (Å²) in [6.07, 6.45) is 2.32. The van der Waals surface area contributed by atoms with Crippen molar-refractivity contribution >= 4 is 22.4 Å². The van der Waals surface area contributed by atoms with Crippen molar-refractivity contribution in [1.82, 2.24) is 0 Å². The van der Waals surface area contributed by atoms with Gasteiger partial charge in [-0.3, -0.25) is 4.21 Å². The zero-order chi connectivity index (χ0) is 6.50. The summed E-state index contributed by atoms with van der Waals surface area (Å²) in [5.41, 5.74) is 0. The van der Waals surface area contributed by atoms with E-state index in [-0.39, 0.29) is 0 Å². The molecular weight excluding hydrogens is 136 g/mol. The first-order chi connectivity index (χ1) is 3.00. The average molecular weight is 144 g/mol. The number of rotatable bonds is 0. The van der Waals surface area contributed by atoms with Gasteiger partial charge in [-0.15, -0.1) is 0 Å². The van der Waals surface area contributed by atoms with E-state index in [1.807, 2.05) is 0 Å². The van der Waals surface area contributed by atoms with Gasteiger partial charge in [-0.1, -0.05) is 0 Å². The Balaban J connectivity index is 0. The van der Waals surface area contributed by atoms with Gasteiger partial charge in [0.15, 0.2) is 0 Å². The van der Waals surface area contributed by atoms with Gasteiger partial charge in [-0.05, 0) is 12.5 Å². The van der Waals surface area contributed by atoms with Crippen molar-refractivity contribution in [3.63, 3.8) is 0 Å². The lowest BCUT2D eigenvalue weighted by Crippen LogP contribution is -1.86. The van der Waals surface area contributed by atoms with Gasteiger partial charge in [0.1, 0.15) is 9.84 Å². The number of hydrogen-bond acceptors (Lipinski definition) is 3. The van der Waals surface area contributed by atoms with E-state index in [9.17, 15) is 8.42 Å². The molecular formula is C2H8O3S2. The molecule has 0 radical (unpaired) electrons. The van der Waals surface area contributed by atoms with Crippen LogP contribution in [0.25, 0.3) is 0 Å². The number of sulfone groups is 1. The highest BCUT2D eigenvalue weighted by molar-refractivity contribution is 7.89. The molecule has 0 aliphatic rings. The molecule has 0 fully saturated rings. The predicted molar refractivity (Wildman–Crippen MR) is 31.7 cm³/mol. The van der Waals surface area contributed by atoms with Crippen molar-refractivity contribution in [1.29, 1.82) is 0 Å². The van der Waals surface area contributed by atoms with Crippen LogP contribution in [-0.2, 0) is 22.4 Å². The van der Waals surface area contributed by atoms with Crippen LogP contribution in [-0.4, -0.2) is 25.1 Å². The van der Waals surface area contributed by atoms with E-state index < -0.39 is 9.84 Å². The Bertz CT molecular complexity index is 105. The monoisotopic (exact) mass is 144 g/mol. The van der Waals surface area contributed by atoms with Crippen LogP contribution in [0, 0.1) is 0 Å². The van der Waals surface area contributed by atoms with E-state index in [4.69, 9.17) is 4.21 Å². The van der Waals surface area contributed by atoms with Gasteiger partial charge in [0.25, 0.3) is 0 Å². The third kappa shape index (κ3) is 10300. The maximum atomic E-state index is 9.63. The second-order valence-corrected chi connectivity index (χ2v) is 3.43. The summed E-state index contributed by atoms with van der Waals surface area (Å²) in [7, 11) is -2.67.